The third kappa shape index (κ3) is 7.46. The predicted octanol–water partition coefficient (Wildman–Crippen LogP) is 5.60. The van der Waals surface area contributed by atoms with Crippen LogP contribution in [0, 0.1) is 3.57 Å². The number of carboxylic acid groups (broad SMARTS) is 1. The first-order valence-corrected chi connectivity index (χ1v) is 13.8. The number of carbonyl (C=O) groups is 1. The van der Waals surface area contributed by atoms with Crippen LogP contribution in [-0.2, 0) is 20.2 Å². The Balaban J connectivity index is 1.77. The van der Waals surface area contributed by atoms with E-state index >= 15 is 0 Å². The molecule has 1 atom stereocenters. The lowest BCUT2D eigenvalue weighted by atomic mass is 9.77. The lowest BCUT2D eigenvalue weighted by molar-refractivity contribution is -0.139. The van der Waals surface area contributed by atoms with Gasteiger partial charge in [-0.1, -0.05) is 56.3 Å². The van der Waals surface area contributed by atoms with Gasteiger partial charge in [0, 0.05) is 27.9 Å². The van der Waals surface area contributed by atoms with E-state index in [0.717, 1.165) is 14.7 Å². The van der Waals surface area contributed by atoms with E-state index in [4.69, 9.17) is 0 Å². The second-order valence-electron chi connectivity index (χ2n) is 8.91. The van der Waals surface area contributed by atoms with Crippen molar-refractivity contribution < 1.29 is 18.3 Å². The first-order chi connectivity index (χ1) is 16.6. The number of benzene rings is 2. The van der Waals surface area contributed by atoms with Gasteiger partial charge >= 0.3 is 5.97 Å². The molecule has 6 nitrogen and oxygen atoms in total. The summed E-state index contributed by atoms with van der Waals surface area (Å²) in [5.41, 5.74) is 1.84. The summed E-state index contributed by atoms with van der Waals surface area (Å²) >= 11 is 2.13. The van der Waals surface area contributed by atoms with Crippen molar-refractivity contribution in [2.45, 2.75) is 42.9 Å². The number of hydrogen-bond donors (Lipinski definition) is 2. The predicted molar refractivity (Wildman–Crippen MR) is 147 cm³/mol. The zero-order valence-corrected chi connectivity index (χ0v) is 22.7. The Hall–Kier alpha value is -2.56. The molecular formula is C27H29IN2O4S. The molecule has 8 heteroatoms. The van der Waals surface area contributed by atoms with Crippen molar-refractivity contribution >= 4 is 44.7 Å². The fourth-order valence-electron chi connectivity index (χ4n) is 3.85. The number of pyridine rings is 1. The molecule has 1 aromatic heterocycles. The summed E-state index contributed by atoms with van der Waals surface area (Å²) in [4.78, 5) is 16.5. The van der Waals surface area contributed by atoms with Crippen molar-refractivity contribution in [3.8, 4) is 0 Å². The van der Waals surface area contributed by atoms with Crippen LogP contribution in [0.3, 0.4) is 0 Å². The molecule has 2 N–H and O–H groups in total. The first kappa shape index (κ1) is 27.0. The number of halogens is 1. The smallest absolute Gasteiger partial charge is 0.310 e. The van der Waals surface area contributed by atoms with E-state index in [0.29, 0.717) is 18.4 Å². The summed E-state index contributed by atoms with van der Waals surface area (Å²) in [6.45, 7) is 3.97. The van der Waals surface area contributed by atoms with E-state index in [1.807, 2.05) is 62.4 Å². The maximum atomic E-state index is 12.8. The molecule has 0 bridgehead atoms. The van der Waals surface area contributed by atoms with Crippen LogP contribution in [0.5, 0.6) is 0 Å². The number of rotatable bonds is 11. The summed E-state index contributed by atoms with van der Waals surface area (Å²) in [6, 6.07) is 17.8. The summed E-state index contributed by atoms with van der Waals surface area (Å²) in [5.74, 6) is -1.61. The number of aromatic nitrogens is 1. The first-order valence-electron chi connectivity index (χ1n) is 11.2. The number of allylic oxidation sites excluding steroid dienone is 1. The van der Waals surface area contributed by atoms with Crippen LogP contribution in [0.4, 0.5) is 0 Å². The number of hydrogen-bond acceptors (Lipinski definition) is 4. The molecule has 2 aromatic carbocycles. The van der Waals surface area contributed by atoms with Crippen molar-refractivity contribution in [1.82, 2.24) is 9.71 Å². The molecule has 0 spiro atoms. The number of nitrogens with zero attached hydrogens (tertiary/aromatic N) is 1. The minimum absolute atomic E-state index is 0.131. The third-order valence-corrected chi connectivity index (χ3v) is 7.94. The standard InChI is InChI=1S/C27H29IN2O4S/c1-27(2,19-30-35(33,34)22-15-13-21(28)14-16-22)25-12-6-5-10-23(25)24(26(31)32)11-4-3-8-20-9-7-17-29-18-20/h3,5-10,12-18,24,30H,4,11,19H2,1-2H3,(H,31,32)/b8-3+. The molecule has 0 radical (unpaired) electrons. The van der Waals surface area contributed by atoms with Crippen LogP contribution < -0.4 is 4.72 Å². The van der Waals surface area contributed by atoms with E-state index in [-0.39, 0.29) is 11.4 Å². The molecule has 3 rings (SSSR count). The molecule has 184 valence electrons. The number of carboxylic acids is 1. The van der Waals surface area contributed by atoms with E-state index in [1.54, 1.807) is 36.7 Å². The zero-order chi connectivity index (χ0) is 25.5. The summed E-state index contributed by atoms with van der Waals surface area (Å²) in [6.07, 6.45) is 8.35. The minimum Gasteiger partial charge on any atom is -0.481 e. The Morgan fingerprint density at radius 3 is 2.49 bits per heavy atom. The molecule has 0 aliphatic rings. The lowest BCUT2D eigenvalue weighted by Gasteiger charge is -2.30. The Morgan fingerprint density at radius 1 is 1.11 bits per heavy atom. The fourth-order valence-corrected chi connectivity index (χ4v) is 5.43. The molecule has 0 saturated carbocycles. The second kappa shape index (κ2) is 11.9. The zero-order valence-electron chi connectivity index (χ0n) is 19.7. The van der Waals surface area contributed by atoms with E-state index in [2.05, 4.69) is 32.3 Å². The largest absolute Gasteiger partial charge is 0.481 e. The van der Waals surface area contributed by atoms with Gasteiger partial charge in [-0.25, -0.2) is 13.1 Å². The Kier molecular flexibility index (Phi) is 9.21. The number of nitrogens with one attached hydrogen (secondary N) is 1. The molecule has 1 unspecified atom stereocenters. The van der Waals surface area contributed by atoms with E-state index in [9.17, 15) is 18.3 Å². The third-order valence-electron chi connectivity index (χ3n) is 5.81. The summed E-state index contributed by atoms with van der Waals surface area (Å²) in [7, 11) is -3.70. The molecule has 0 saturated heterocycles. The Bertz CT molecular complexity index is 1270. The van der Waals surface area contributed by atoms with Crippen molar-refractivity contribution in [2.24, 2.45) is 0 Å². The van der Waals surface area contributed by atoms with Crippen LogP contribution in [0.2, 0.25) is 0 Å². The molecule has 0 aliphatic carbocycles. The highest BCUT2D eigenvalue weighted by Gasteiger charge is 2.30. The lowest BCUT2D eigenvalue weighted by Crippen LogP contribution is -2.37. The molecule has 3 aromatic rings. The van der Waals surface area contributed by atoms with Crippen LogP contribution >= 0.6 is 22.6 Å². The molecule has 35 heavy (non-hydrogen) atoms. The van der Waals surface area contributed by atoms with E-state index in [1.165, 1.54) is 0 Å². The van der Waals surface area contributed by atoms with Gasteiger partial charge in [-0.3, -0.25) is 9.78 Å². The monoisotopic (exact) mass is 604 g/mol. The van der Waals surface area contributed by atoms with Crippen molar-refractivity contribution in [3.05, 3.63) is 99.4 Å². The van der Waals surface area contributed by atoms with Crippen LogP contribution in [-0.4, -0.2) is 31.0 Å². The Labute approximate surface area is 220 Å². The van der Waals surface area contributed by atoms with Crippen molar-refractivity contribution in [1.29, 1.82) is 0 Å². The fraction of sp³-hybridized carbons (Fsp3) is 0.259. The summed E-state index contributed by atoms with van der Waals surface area (Å²) in [5, 5.41) is 10.0. The number of aliphatic carboxylic acids is 1. The highest BCUT2D eigenvalue weighted by Crippen LogP contribution is 2.33. The maximum Gasteiger partial charge on any atom is 0.310 e. The van der Waals surface area contributed by atoms with Crippen LogP contribution in [0.1, 0.15) is 49.3 Å². The molecule has 0 aliphatic heterocycles. The Morgan fingerprint density at radius 2 is 1.83 bits per heavy atom. The van der Waals surface area contributed by atoms with Gasteiger partial charge in [-0.05, 0) is 82.5 Å². The van der Waals surface area contributed by atoms with Crippen molar-refractivity contribution in [2.75, 3.05) is 6.54 Å². The van der Waals surface area contributed by atoms with Gasteiger partial charge in [-0.2, -0.15) is 0 Å². The molecule has 0 amide bonds. The average Bonchev–Trinajstić information content (AvgIpc) is 2.84. The van der Waals surface area contributed by atoms with Gasteiger partial charge in [0.15, 0.2) is 0 Å². The van der Waals surface area contributed by atoms with Gasteiger partial charge < -0.3 is 5.11 Å². The quantitative estimate of drug-likeness (QED) is 0.278. The van der Waals surface area contributed by atoms with Gasteiger partial charge in [0.05, 0.1) is 10.8 Å². The van der Waals surface area contributed by atoms with Gasteiger partial charge in [-0.15, -0.1) is 0 Å². The SMILES string of the molecule is CC(C)(CNS(=O)(=O)c1ccc(I)cc1)c1ccccc1C(CC/C=C/c1cccnc1)C(=O)O. The second-order valence-corrected chi connectivity index (χ2v) is 11.9. The highest BCUT2D eigenvalue weighted by molar-refractivity contribution is 14.1. The van der Waals surface area contributed by atoms with Gasteiger partial charge in [0.1, 0.15) is 0 Å². The normalized spacial score (nSPS) is 13.1. The van der Waals surface area contributed by atoms with Gasteiger partial charge in [0.25, 0.3) is 0 Å². The van der Waals surface area contributed by atoms with Crippen LogP contribution in [0.25, 0.3) is 6.08 Å². The molecule has 1 heterocycles. The highest BCUT2D eigenvalue weighted by atomic mass is 127. The molecular weight excluding hydrogens is 575 g/mol. The summed E-state index contributed by atoms with van der Waals surface area (Å²) < 4.78 is 29.3. The minimum atomic E-state index is -3.70. The number of sulfonamides is 1. The van der Waals surface area contributed by atoms with E-state index < -0.39 is 27.3 Å². The van der Waals surface area contributed by atoms with Crippen LogP contribution in [0.15, 0.2) is 84.0 Å². The topological polar surface area (TPSA) is 96.4 Å². The maximum absolute atomic E-state index is 12.8. The molecule has 0 fully saturated rings. The van der Waals surface area contributed by atoms with Gasteiger partial charge in [0.2, 0.25) is 10.0 Å². The average molecular weight is 605 g/mol. The van der Waals surface area contributed by atoms with Crippen molar-refractivity contribution in [3.63, 3.8) is 0 Å².